The van der Waals surface area contributed by atoms with Gasteiger partial charge in [-0.25, -0.2) is 9.98 Å². The number of hydrogen-bond donors (Lipinski definition) is 1. The van der Waals surface area contributed by atoms with Crippen molar-refractivity contribution >= 4 is 18.4 Å². The zero-order chi connectivity index (χ0) is 10.2. The topological polar surface area (TPSA) is 49.1 Å². The molecule has 0 aromatic heterocycles. The van der Waals surface area contributed by atoms with Crippen molar-refractivity contribution in [3.8, 4) is 0 Å². The van der Waals surface area contributed by atoms with Crippen LogP contribution in [0.5, 0.6) is 0 Å². The zero-order valence-electron chi connectivity index (χ0n) is 8.64. The summed E-state index contributed by atoms with van der Waals surface area (Å²) in [6.45, 7) is 3.54. The van der Waals surface area contributed by atoms with Crippen LogP contribution in [0.1, 0.15) is 6.92 Å². The van der Waals surface area contributed by atoms with Gasteiger partial charge in [-0.2, -0.15) is 0 Å². The maximum absolute atomic E-state index is 4.24. The van der Waals surface area contributed by atoms with Crippen LogP contribution in [-0.2, 0) is 0 Å². The molecule has 1 rings (SSSR count). The van der Waals surface area contributed by atoms with Gasteiger partial charge in [-0.05, 0) is 6.92 Å². The summed E-state index contributed by atoms with van der Waals surface area (Å²) in [4.78, 5) is 12.5. The molecule has 1 atom stereocenters. The standard InChI is InChI=1S/C10H16N4/c1-3-12-10-13-6-4-5-9(7-11-2)8-14-10/h4-5,7-9H,3,6H2,1-2H3,(H,12,13)/t9-/m1/s1. The van der Waals surface area contributed by atoms with Crippen LogP contribution in [0.15, 0.2) is 27.1 Å². The Kier molecular flexibility index (Phi) is 4.61. The number of nitrogens with one attached hydrogen (secondary N) is 1. The Morgan fingerprint density at radius 1 is 1.71 bits per heavy atom. The van der Waals surface area contributed by atoms with E-state index in [0.717, 1.165) is 6.54 Å². The van der Waals surface area contributed by atoms with Crippen molar-refractivity contribution in [2.24, 2.45) is 20.9 Å². The summed E-state index contributed by atoms with van der Waals surface area (Å²) in [6, 6.07) is 0. The van der Waals surface area contributed by atoms with Crippen molar-refractivity contribution in [3.63, 3.8) is 0 Å². The van der Waals surface area contributed by atoms with E-state index >= 15 is 0 Å². The highest BCUT2D eigenvalue weighted by atomic mass is 15.1. The largest absolute Gasteiger partial charge is 0.355 e. The van der Waals surface area contributed by atoms with Crippen molar-refractivity contribution in [1.29, 1.82) is 0 Å². The molecule has 0 bridgehead atoms. The molecule has 1 aliphatic heterocycles. The fourth-order valence-corrected chi connectivity index (χ4v) is 1.12. The molecule has 0 saturated heterocycles. The van der Waals surface area contributed by atoms with E-state index < -0.39 is 0 Å². The van der Waals surface area contributed by atoms with Crippen LogP contribution >= 0.6 is 0 Å². The second-order valence-electron chi connectivity index (χ2n) is 2.89. The molecule has 0 unspecified atom stereocenters. The minimum absolute atomic E-state index is 0.184. The number of rotatable bonds is 2. The number of guanidine groups is 1. The normalized spacial score (nSPS) is 21.9. The molecule has 0 aromatic carbocycles. The van der Waals surface area contributed by atoms with Crippen LogP contribution in [0.3, 0.4) is 0 Å². The first-order chi connectivity index (χ1) is 6.86. The van der Waals surface area contributed by atoms with Gasteiger partial charge in [-0.1, -0.05) is 12.2 Å². The maximum Gasteiger partial charge on any atom is 0.217 e. The van der Waals surface area contributed by atoms with E-state index in [1.165, 1.54) is 0 Å². The first-order valence-corrected chi connectivity index (χ1v) is 4.78. The van der Waals surface area contributed by atoms with Crippen LogP contribution in [-0.4, -0.2) is 38.5 Å². The summed E-state index contributed by atoms with van der Waals surface area (Å²) < 4.78 is 0. The minimum Gasteiger partial charge on any atom is -0.355 e. The zero-order valence-corrected chi connectivity index (χ0v) is 8.64. The summed E-state index contributed by atoms with van der Waals surface area (Å²) in [5, 5.41) is 3.09. The molecule has 0 spiro atoms. The molecule has 0 fully saturated rings. The van der Waals surface area contributed by atoms with Crippen LogP contribution in [0, 0.1) is 5.92 Å². The molecule has 0 aliphatic carbocycles. The summed E-state index contributed by atoms with van der Waals surface area (Å²) in [5.41, 5.74) is 0. The van der Waals surface area contributed by atoms with Crippen LogP contribution in [0.4, 0.5) is 0 Å². The van der Waals surface area contributed by atoms with Crippen LogP contribution in [0.2, 0.25) is 0 Å². The van der Waals surface area contributed by atoms with Gasteiger partial charge in [-0.15, -0.1) is 0 Å². The lowest BCUT2D eigenvalue weighted by atomic mass is 10.1. The van der Waals surface area contributed by atoms with E-state index in [2.05, 4.69) is 20.3 Å². The molecule has 0 radical (unpaired) electrons. The average Bonchev–Trinajstić information content (AvgIpc) is 2.15. The molecular weight excluding hydrogens is 176 g/mol. The lowest BCUT2D eigenvalue weighted by molar-refractivity contribution is 0.940. The first-order valence-electron chi connectivity index (χ1n) is 4.78. The third-order valence-corrected chi connectivity index (χ3v) is 1.73. The van der Waals surface area contributed by atoms with Gasteiger partial charge in [-0.3, -0.25) is 4.99 Å². The predicted molar refractivity (Wildman–Crippen MR) is 61.5 cm³/mol. The third kappa shape index (κ3) is 3.51. The van der Waals surface area contributed by atoms with E-state index in [1.807, 2.05) is 31.5 Å². The van der Waals surface area contributed by atoms with Gasteiger partial charge in [0.2, 0.25) is 5.96 Å². The number of aliphatic imine (C=N–C) groups is 3. The maximum atomic E-state index is 4.24. The molecule has 76 valence electrons. The molecule has 1 aliphatic rings. The van der Waals surface area contributed by atoms with Crippen molar-refractivity contribution in [2.45, 2.75) is 6.92 Å². The quantitative estimate of drug-likeness (QED) is 0.513. The second kappa shape index (κ2) is 6.07. The van der Waals surface area contributed by atoms with Crippen molar-refractivity contribution in [3.05, 3.63) is 12.2 Å². The molecule has 1 N–H and O–H groups in total. The Morgan fingerprint density at radius 2 is 2.57 bits per heavy atom. The van der Waals surface area contributed by atoms with E-state index in [9.17, 15) is 0 Å². The number of nitrogens with zero attached hydrogens (tertiary/aromatic N) is 3. The van der Waals surface area contributed by atoms with Crippen molar-refractivity contribution < 1.29 is 0 Å². The molecular formula is C10H16N4. The van der Waals surface area contributed by atoms with Crippen molar-refractivity contribution in [1.82, 2.24) is 5.32 Å². The highest BCUT2D eigenvalue weighted by molar-refractivity contribution is 5.94. The van der Waals surface area contributed by atoms with Gasteiger partial charge in [0.25, 0.3) is 0 Å². The van der Waals surface area contributed by atoms with E-state index in [-0.39, 0.29) is 5.92 Å². The fourth-order valence-electron chi connectivity index (χ4n) is 1.12. The monoisotopic (exact) mass is 192 g/mol. The Hall–Kier alpha value is -1.45. The number of hydrogen-bond acceptors (Lipinski definition) is 4. The summed E-state index contributed by atoms with van der Waals surface area (Å²) in [6.07, 6.45) is 7.76. The minimum atomic E-state index is 0.184. The summed E-state index contributed by atoms with van der Waals surface area (Å²) in [7, 11) is 1.76. The third-order valence-electron chi connectivity index (χ3n) is 1.73. The fraction of sp³-hybridized carbons (Fsp3) is 0.500. The van der Waals surface area contributed by atoms with Gasteiger partial charge in [0.1, 0.15) is 0 Å². The lowest BCUT2D eigenvalue weighted by Gasteiger charge is -2.05. The molecule has 14 heavy (non-hydrogen) atoms. The predicted octanol–water partition coefficient (Wildman–Crippen LogP) is 0.909. The SMILES string of the molecule is CCNC1=NCC=C[C@H](C=NC)C=N1. The summed E-state index contributed by atoms with van der Waals surface area (Å²) >= 11 is 0. The molecule has 4 heteroatoms. The number of allylic oxidation sites excluding steroid dienone is 1. The van der Waals surface area contributed by atoms with Crippen LogP contribution in [0.25, 0.3) is 0 Å². The van der Waals surface area contributed by atoms with Gasteiger partial charge < -0.3 is 5.32 Å². The Morgan fingerprint density at radius 3 is 3.29 bits per heavy atom. The Labute approximate surface area is 84.6 Å². The van der Waals surface area contributed by atoms with Crippen LogP contribution < -0.4 is 5.32 Å². The van der Waals surface area contributed by atoms with Gasteiger partial charge >= 0.3 is 0 Å². The average molecular weight is 192 g/mol. The van der Waals surface area contributed by atoms with Gasteiger partial charge in [0.15, 0.2) is 0 Å². The molecule has 0 aromatic rings. The lowest BCUT2D eigenvalue weighted by Crippen LogP contribution is -2.22. The Bertz CT molecular complexity index is 276. The summed E-state index contributed by atoms with van der Waals surface area (Å²) in [5.74, 6) is 0.885. The molecule has 0 saturated carbocycles. The smallest absolute Gasteiger partial charge is 0.217 e. The van der Waals surface area contributed by atoms with E-state index in [1.54, 1.807) is 7.05 Å². The highest BCUT2D eigenvalue weighted by Crippen LogP contribution is 1.96. The molecule has 1 heterocycles. The van der Waals surface area contributed by atoms with Gasteiger partial charge in [0.05, 0.1) is 6.54 Å². The molecule has 0 amide bonds. The van der Waals surface area contributed by atoms with E-state index in [4.69, 9.17) is 0 Å². The van der Waals surface area contributed by atoms with E-state index in [0.29, 0.717) is 12.5 Å². The van der Waals surface area contributed by atoms with Gasteiger partial charge in [0, 0.05) is 31.9 Å². The molecule has 4 nitrogen and oxygen atoms in total. The van der Waals surface area contributed by atoms with Crippen molar-refractivity contribution in [2.75, 3.05) is 20.1 Å². The second-order valence-corrected chi connectivity index (χ2v) is 2.89. The Balaban J connectivity index is 2.68. The highest BCUT2D eigenvalue weighted by Gasteiger charge is 2.00. The first kappa shape index (κ1) is 10.6.